The first-order valence-electron chi connectivity index (χ1n) is 7.42. The molecule has 0 aromatic carbocycles. The lowest BCUT2D eigenvalue weighted by atomic mass is 10.2. The molecule has 126 valence electrons. The van der Waals surface area contributed by atoms with Crippen LogP contribution in [-0.2, 0) is 17.8 Å². The summed E-state index contributed by atoms with van der Waals surface area (Å²) in [6, 6.07) is 0. The van der Waals surface area contributed by atoms with Crippen molar-refractivity contribution in [3.05, 3.63) is 31.3 Å². The second kappa shape index (κ2) is 7.65. The van der Waals surface area contributed by atoms with Gasteiger partial charge in [0.05, 0.1) is 30.1 Å². The molecule has 0 atom stereocenters. The zero-order valence-electron chi connectivity index (χ0n) is 13.1. The first kappa shape index (κ1) is 17.6. The van der Waals surface area contributed by atoms with E-state index in [-0.39, 0.29) is 26.1 Å². The molecule has 0 radical (unpaired) electrons. The van der Waals surface area contributed by atoms with Crippen LogP contribution < -0.4 is 11.2 Å². The van der Waals surface area contributed by atoms with Gasteiger partial charge in [0.1, 0.15) is 4.83 Å². The number of nitrogens with zero attached hydrogens (tertiary/aromatic N) is 2. The summed E-state index contributed by atoms with van der Waals surface area (Å²) in [6.07, 6.45) is 0.847. The summed E-state index contributed by atoms with van der Waals surface area (Å²) in [5.41, 5.74) is -0.360. The lowest BCUT2D eigenvalue weighted by Crippen LogP contribution is -2.40. The number of aldehydes is 1. The predicted molar refractivity (Wildman–Crippen MR) is 87.6 cm³/mol. The molecular formula is C15H19FN2O4S. The van der Waals surface area contributed by atoms with Crippen molar-refractivity contribution in [2.75, 3.05) is 19.9 Å². The van der Waals surface area contributed by atoms with Crippen LogP contribution in [0.3, 0.4) is 0 Å². The Balaban J connectivity index is 2.71. The normalized spacial score (nSPS) is 11.3. The van der Waals surface area contributed by atoms with Gasteiger partial charge in [-0.2, -0.15) is 0 Å². The first-order chi connectivity index (χ1) is 11.1. The van der Waals surface area contributed by atoms with Crippen molar-refractivity contribution in [3.63, 3.8) is 0 Å². The number of rotatable bonds is 8. The van der Waals surface area contributed by atoms with Crippen molar-refractivity contribution in [2.24, 2.45) is 0 Å². The third-order valence-electron chi connectivity index (χ3n) is 3.62. The number of carbonyl (C=O) groups is 1. The van der Waals surface area contributed by atoms with E-state index in [4.69, 9.17) is 4.74 Å². The maximum absolute atomic E-state index is 12.6. The van der Waals surface area contributed by atoms with Crippen LogP contribution in [0.5, 0.6) is 0 Å². The summed E-state index contributed by atoms with van der Waals surface area (Å²) in [4.78, 5) is 37.2. The number of fused-ring (bicyclic) bond motifs is 1. The monoisotopic (exact) mass is 342 g/mol. The Morgan fingerprint density at radius 2 is 2.00 bits per heavy atom. The van der Waals surface area contributed by atoms with E-state index in [9.17, 15) is 18.8 Å². The van der Waals surface area contributed by atoms with Crippen LogP contribution in [0.1, 0.15) is 28.6 Å². The SMILES string of the molecule is CCOCCn1c(=O)c2c(C)c(C=O)sc2n(CCCF)c1=O. The van der Waals surface area contributed by atoms with Gasteiger partial charge < -0.3 is 4.74 Å². The maximum atomic E-state index is 12.6. The maximum Gasteiger partial charge on any atom is 0.332 e. The minimum Gasteiger partial charge on any atom is -0.380 e. The highest BCUT2D eigenvalue weighted by Gasteiger charge is 2.19. The van der Waals surface area contributed by atoms with Gasteiger partial charge in [-0.25, -0.2) is 4.79 Å². The van der Waals surface area contributed by atoms with E-state index in [1.807, 2.05) is 6.92 Å². The minimum absolute atomic E-state index is 0.128. The van der Waals surface area contributed by atoms with Gasteiger partial charge >= 0.3 is 5.69 Å². The Hall–Kier alpha value is -1.80. The molecule has 0 aliphatic carbocycles. The quantitative estimate of drug-likeness (QED) is 0.541. The van der Waals surface area contributed by atoms with E-state index in [0.29, 0.717) is 33.6 Å². The molecule has 0 saturated carbocycles. The topological polar surface area (TPSA) is 70.3 Å². The van der Waals surface area contributed by atoms with Crippen LogP contribution in [0.25, 0.3) is 10.2 Å². The fraction of sp³-hybridized carbons (Fsp3) is 0.533. The smallest absolute Gasteiger partial charge is 0.332 e. The van der Waals surface area contributed by atoms with Gasteiger partial charge in [-0.05, 0) is 25.8 Å². The number of hydrogen-bond acceptors (Lipinski definition) is 5. The highest BCUT2D eigenvalue weighted by molar-refractivity contribution is 7.20. The van der Waals surface area contributed by atoms with E-state index in [1.54, 1.807) is 6.92 Å². The summed E-state index contributed by atoms with van der Waals surface area (Å²) in [7, 11) is 0. The number of hydrogen-bond donors (Lipinski definition) is 0. The molecule has 6 nitrogen and oxygen atoms in total. The van der Waals surface area contributed by atoms with Crippen molar-refractivity contribution in [2.45, 2.75) is 33.4 Å². The van der Waals surface area contributed by atoms with Gasteiger partial charge in [-0.15, -0.1) is 11.3 Å². The van der Waals surface area contributed by atoms with E-state index >= 15 is 0 Å². The van der Waals surface area contributed by atoms with Crippen LogP contribution in [0.15, 0.2) is 9.59 Å². The summed E-state index contributed by atoms with van der Waals surface area (Å²) in [5.74, 6) is 0. The fourth-order valence-corrected chi connectivity index (χ4v) is 3.57. The second-order valence-electron chi connectivity index (χ2n) is 5.02. The average molecular weight is 342 g/mol. The molecule has 0 unspecified atom stereocenters. The van der Waals surface area contributed by atoms with Crippen molar-refractivity contribution in [1.82, 2.24) is 9.13 Å². The summed E-state index contributed by atoms with van der Waals surface area (Å²) in [5, 5.41) is 0.354. The number of carbonyl (C=O) groups excluding carboxylic acids is 1. The van der Waals surface area contributed by atoms with Crippen molar-refractivity contribution in [3.8, 4) is 0 Å². The van der Waals surface area contributed by atoms with E-state index in [0.717, 1.165) is 15.9 Å². The highest BCUT2D eigenvalue weighted by atomic mass is 32.1. The fourth-order valence-electron chi connectivity index (χ4n) is 2.44. The molecule has 23 heavy (non-hydrogen) atoms. The van der Waals surface area contributed by atoms with Gasteiger partial charge in [-0.3, -0.25) is 23.1 Å². The van der Waals surface area contributed by atoms with E-state index in [1.165, 1.54) is 4.57 Å². The molecule has 2 rings (SSSR count). The molecular weight excluding hydrogens is 323 g/mol. The molecule has 0 spiro atoms. The molecule has 0 aliphatic heterocycles. The molecule has 0 bridgehead atoms. The summed E-state index contributed by atoms with van der Waals surface area (Å²) < 4.78 is 20.2. The van der Waals surface area contributed by atoms with Crippen LogP contribution in [0.2, 0.25) is 0 Å². The molecule has 0 fully saturated rings. The average Bonchev–Trinajstić information content (AvgIpc) is 2.87. The summed E-state index contributed by atoms with van der Waals surface area (Å²) >= 11 is 1.09. The molecule has 0 amide bonds. The number of halogens is 1. The van der Waals surface area contributed by atoms with E-state index < -0.39 is 17.9 Å². The Morgan fingerprint density at radius 3 is 2.61 bits per heavy atom. The number of alkyl halides is 1. The zero-order valence-corrected chi connectivity index (χ0v) is 14.0. The molecule has 0 saturated heterocycles. The predicted octanol–water partition coefficient (Wildman–Crippen LogP) is 1.74. The molecule has 0 N–H and O–H groups in total. The van der Waals surface area contributed by atoms with Crippen molar-refractivity contribution >= 4 is 27.8 Å². The van der Waals surface area contributed by atoms with Gasteiger partial charge in [-0.1, -0.05) is 0 Å². The molecule has 2 aromatic rings. The summed E-state index contributed by atoms with van der Waals surface area (Å²) in [6.45, 7) is 3.97. The van der Waals surface area contributed by atoms with Crippen LogP contribution >= 0.6 is 11.3 Å². The van der Waals surface area contributed by atoms with Crippen LogP contribution in [0, 0.1) is 6.92 Å². The number of aromatic nitrogens is 2. The van der Waals surface area contributed by atoms with Crippen molar-refractivity contribution < 1.29 is 13.9 Å². The zero-order chi connectivity index (χ0) is 17.0. The van der Waals surface area contributed by atoms with Crippen molar-refractivity contribution in [1.29, 1.82) is 0 Å². The third kappa shape index (κ3) is 3.28. The number of ether oxygens (including phenoxy) is 1. The van der Waals surface area contributed by atoms with Crippen LogP contribution in [-0.4, -0.2) is 35.3 Å². The minimum atomic E-state index is -0.559. The third-order valence-corrected chi connectivity index (χ3v) is 4.86. The Kier molecular flexibility index (Phi) is 5.84. The van der Waals surface area contributed by atoms with Crippen LogP contribution in [0.4, 0.5) is 4.39 Å². The largest absolute Gasteiger partial charge is 0.380 e. The van der Waals surface area contributed by atoms with Gasteiger partial charge in [0.2, 0.25) is 0 Å². The lowest BCUT2D eigenvalue weighted by Gasteiger charge is -2.11. The molecule has 2 heterocycles. The Labute approximate surface area is 136 Å². The molecule has 0 aliphatic rings. The number of thiophene rings is 1. The Bertz CT molecular complexity index is 821. The first-order valence-corrected chi connectivity index (χ1v) is 8.24. The van der Waals surface area contributed by atoms with Gasteiger partial charge in [0, 0.05) is 13.2 Å². The Morgan fingerprint density at radius 1 is 1.26 bits per heavy atom. The van der Waals surface area contributed by atoms with E-state index in [2.05, 4.69) is 0 Å². The van der Waals surface area contributed by atoms with Gasteiger partial charge in [0.25, 0.3) is 5.56 Å². The van der Waals surface area contributed by atoms with Gasteiger partial charge in [0.15, 0.2) is 6.29 Å². The number of aryl methyl sites for hydroxylation is 2. The lowest BCUT2D eigenvalue weighted by molar-refractivity contribution is 0.112. The second-order valence-corrected chi connectivity index (χ2v) is 6.05. The standard InChI is InChI=1S/C15H19FN2O4S/c1-3-22-8-7-17-13(20)12-10(2)11(9-19)23-14(12)18(15(17)21)6-4-5-16/h9H,3-8H2,1-2H3. The molecule has 8 heteroatoms. The molecule has 2 aromatic heterocycles. The highest BCUT2D eigenvalue weighted by Crippen LogP contribution is 2.26.